The normalized spacial score (nSPS) is 11.9. The first-order chi connectivity index (χ1) is 10.1. The standard InChI is InChI=1S/C12H19N5O3S/c1-2-17-7-11(6-10(17)8-18)21(19,20)15-5-3-4-12-13-9-14-16-12/h6-7,9,15,18H,2-5,8H2,1H3,(H,13,14,16). The van der Waals surface area contributed by atoms with Gasteiger partial charge in [-0.25, -0.2) is 18.1 Å². The molecule has 0 aliphatic rings. The molecule has 8 nitrogen and oxygen atoms in total. The summed E-state index contributed by atoms with van der Waals surface area (Å²) in [5.74, 6) is 0.730. The SMILES string of the molecule is CCn1cc(S(=O)(=O)NCCCc2ncn[nH]2)cc1CO. The van der Waals surface area contributed by atoms with E-state index in [1.165, 1.54) is 18.6 Å². The van der Waals surface area contributed by atoms with Gasteiger partial charge >= 0.3 is 0 Å². The number of aromatic amines is 1. The van der Waals surface area contributed by atoms with Crippen LogP contribution in [0.4, 0.5) is 0 Å². The van der Waals surface area contributed by atoms with Gasteiger partial charge in [0, 0.05) is 31.4 Å². The van der Waals surface area contributed by atoms with Crippen LogP contribution < -0.4 is 4.72 Å². The Labute approximate surface area is 123 Å². The van der Waals surface area contributed by atoms with Gasteiger partial charge in [0.15, 0.2) is 0 Å². The highest BCUT2D eigenvalue weighted by Crippen LogP contribution is 2.14. The average molecular weight is 313 g/mol. The zero-order valence-electron chi connectivity index (χ0n) is 11.8. The zero-order valence-corrected chi connectivity index (χ0v) is 12.6. The molecule has 0 aliphatic heterocycles. The maximum absolute atomic E-state index is 12.1. The van der Waals surface area contributed by atoms with E-state index in [0.717, 1.165) is 5.82 Å². The van der Waals surface area contributed by atoms with Gasteiger partial charge < -0.3 is 9.67 Å². The molecule has 2 aromatic rings. The molecule has 2 rings (SSSR count). The molecule has 0 saturated carbocycles. The van der Waals surface area contributed by atoms with Crippen molar-refractivity contribution in [2.75, 3.05) is 6.54 Å². The van der Waals surface area contributed by atoms with Crippen LogP contribution in [0.25, 0.3) is 0 Å². The van der Waals surface area contributed by atoms with Crippen LogP contribution in [0.1, 0.15) is 24.9 Å². The number of sulfonamides is 1. The molecular formula is C12H19N5O3S. The number of nitrogens with one attached hydrogen (secondary N) is 2. The van der Waals surface area contributed by atoms with Crippen molar-refractivity contribution < 1.29 is 13.5 Å². The Hall–Kier alpha value is -1.71. The Morgan fingerprint density at radius 1 is 1.48 bits per heavy atom. The van der Waals surface area contributed by atoms with Gasteiger partial charge in [-0.3, -0.25) is 5.10 Å². The largest absolute Gasteiger partial charge is 0.390 e. The van der Waals surface area contributed by atoms with E-state index in [9.17, 15) is 13.5 Å². The minimum Gasteiger partial charge on any atom is -0.390 e. The van der Waals surface area contributed by atoms with Crippen LogP contribution in [-0.2, 0) is 29.6 Å². The van der Waals surface area contributed by atoms with Gasteiger partial charge in [-0.2, -0.15) is 5.10 Å². The van der Waals surface area contributed by atoms with Crippen LogP contribution in [0.2, 0.25) is 0 Å². The molecule has 2 heterocycles. The molecule has 0 saturated heterocycles. The second kappa shape index (κ2) is 6.83. The summed E-state index contributed by atoms with van der Waals surface area (Å²) >= 11 is 0. The first kappa shape index (κ1) is 15.7. The maximum Gasteiger partial charge on any atom is 0.242 e. The minimum atomic E-state index is -3.55. The Bertz CT molecular complexity index is 642. The molecule has 3 N–H and O–H groups in total. The lowest BCUT2D eigenvalue weighted by Gasteiger charge is -2.04. The molecule has 2 aromatic heterocycles. The second-order valence-corrected chi connectivity index (χ2v) is 6.31. The summed E-state index contributed by atoms with van der Waals surface area (Å²) in [6.45, 7) is 2.63. The van der Waals surface area contributed by atoms with Gasteiger partial charge in [-0.05, 0) is 19.4 Å². The molecule has 116 valence electrons. The summed E-state index contributed by atoms with van der Waals surface area (Å²) < 4.78 is 28.6. The van der Waals surface area contributed by atoms with Crippen molar-refractivity contribution in [2.24, 2.45) is 0 Å². The molecule has 0 atom stereocenters. The molecule has 0 aliphatic carbocycles. The number of aryl methyl sites for hydroxylation is 2. The number of aromatic nitrogens is 4. The quantitative estimate of drug-likeness (QED) is 0.595. The number of hydrogen-bond acceptors (Lipinski definition) is 5. The van der Waals surface area contributed by atoms with E-state index in [1.54, 1.807) is 4.57 Å². The molecule has 0 fully saturated rings. The molecule has 0 aromatic carbocycles. The molecular weight excluding hydrogens is 294 g/mol. The van der Waals surface area contributed by atoms with Gasteiger partial charge in [0.1, 0.15) is 12.2 Å². The maximum atomic E-state index is 12.1. The van der Waals surface area contributed by atoms with Gasteiger partial charge in [0.25, 0.3) is 0 Å². The van der Waals surface area contributed by atoms with E-state index in [2.05, 4.69) is 19.9 Å². The van der Waals surface area contributed by atoms with E-state index in [4.69, 9.17) is 0 Å². The fourth-order valence-electron chi connectivity index (χ4n) is 2.00. The monoisotopic (exact) mass is 313 g/mol. The summed E-state index contributed by atoms with van der Waals surface area (Å²) in [5.41, 5.74) is 0.583. The Balaban J connectivity index is 1.93. The van der Waals surface area contributed by atoms with Crippen molar-refractivity contribution in [3.8, 4) is 0 Å². The van der Waals surface area contributed by atoms with E-state index in [1.807, 2.05) is 6.92 Å². The van der Waals surface area contributed by atoms with E-state index < -0.39 is 10.0 Å². The third-order valence-electron chi connectivity index (χ3n) is 3.12. The molecule has 0 unspecified atom stereocenters. The average Bonchev–Trinajstić information content (AvgIpc) is 3.12. The molecule has 0 radical (unpaired) electrons. The molecule has 0 spiro atoms. The molecule has 21 heavy (non-hydrogen) atoms. The van der Waals surface area contributed by atoms with Crippen LogP contribution in [0.5, 0.6) is 0 Å². The topological polar surface area (TPSA) is 113 Å². The summed E-state index contributed by atoms with van der Waals surface area (Å²) in [6, 6.07) is 1.49. The van der Waals surface area contributed by atoms with Crippen molar-refractivity contribution in [2.45, 2.75) is 37.8 Å². The molecule has 0 amide bonds. The number of aliphatic hydroxyl groups is 1. The summed E-state index contributed by atoms with van der Waals surface area (Å²) in [6.07, 6.45) is 4.20. The van der Waals surface area contributed by atoms with Crippen molar-refractivity contribution in [1.82, 2.24) is 24.5 Å². The van der Waals surface area contributed by atoms with Gasteiger partial charge in [-0.15, -0.1) is 0 Å². The summed E-state index contributed by atoms with van der Waals surface area (Å²) in [7, 11) is -3.55. The van der Waals surface area contributed by atoms with Crippen molar-refractivity contribution in [3.05, 3.63) is 30.1 Å². The van der Waals surface area contributed by atoms with Crippen LogP contribution >= 0.6 is 0 Å². The van der Waals surface area contributed by atoms with Crippen LogP contribution in [-0.4, -0.2) is 39.8 Å². The Kier molecular flexibility index (Phi) is 5.10. The summed E-state index contributed by atoms with van der Waals surface area (Å²) in [4.78, 5) is 4.14. The smallest absolute Gasteiger partial charge is 0.242 e. The van der Waals surface area contributed by atoms with Crippen molar-refractivity contribution in [3.63, 3.8) is 0 Å². The Morgan fingerprint density at radius 3 is 2.86 bits per heavy atom. The number of H-pyrrole nitrogens is 1. The van der Waals surface area contributed by atoms with Gasteiger partial charge in [0.2, 0.25) is 10.0 Å². The van der Waals surface area contributed by atoms with Crippen molar-refractivity contribution >= 4 is 10.0 Å². The van der Waals surface area contributed by atoms with Crippen LogP contribution in [0.15, 0.2) is 23.5 Å². The highest BCUT2D eigenvalue weighted by Gasteiger charge is 2.17. The molecule has 0 bridgehead atoms. The highest BCUT2D eigenvalue weighted by molar-refractivity contribution is 7.89. The number of rotatable bonds is 8. The predicted octanol–water partition coefficient (Wildman–Crippen LogP) is 0.0295. The number of aliphatic hydroxyl groups excluding tert-OH is 1. The number of nitrogens with zero attached hydrogens (tertiary/aromatic N) is 3. The third kappa shape index (κ3) is 3.90. The van der Waals surface area contributed by atoms with Crippen LogP contribution in [0, 0.1) is 0 Å². The van der Waals surface area contributed by atoms with E-state index >= 15 is 0 Å². The lowest BCUT2D eigenvalue weighted by Crippen LogP contribution is -2.24. The first-order valence-corrected chi connectivity index (χ1v) is 8.19. The molecule has 9 heteroatoms. The Morgan fingerprint density at radius 2 is 2.29 bits per heavy atom. The van der Waals surface area contributed by atoms with E-state index in [-0.39, 0.29) is 11.5 Å². The first-order valence-electron chi connectivity index (χ1n) is 6.70. The third-order valence-corrected chi connectivity index (χ3v) is 4.55. The summed E-state index contributed by atoms with van der Waals surface area (Å²) in [5, 5.41) is 15.6. The van der Waals surface area contributed by atoms with Gasteiger partial charge in [-0.1, -0.05) is 0 Å². The lowest BCUT2D eigenvalue weighted by molar-refractivity contribution is 0.271. The fourth-order valence-corrected chi connectivity index (χ4v) is 3.13. The van der Waals surface area contributed by atoms with E-state index in [0.29, 0.717) is 31.6 Å². The number of hydrogen-bond donors (Lipinski definition) is 3. The van der Waals surface area contributed by atoms with Crippen LogP contribution in [0.3, 0.4) is 0 Å². The highest BCUT2D eigenvalue weighted by atomic mass is 32.2. The zero-order chi connectivity index (χ0) is 15.3. The second-order valence-electron chi connectivity index (χ2n) is 4.54. The minimum absolute atomic E-state index is 0.174. The van der Waals surface area contributed by atoms with Gasteiger partial charge in [0.05, 0.1) is 11.5 Å². The fraction of sp³-hybridized carbons (Fsp3) is 0.500. The lowest BCUT2D eigenvalue weighted by atomic mass is 10.3. The predicted molar refractivity (Wildman–Crippen MR) is 75.9 cm³/mol. The van der Waals surface area contributed by atoms with Crippen molar-refractivity contribution in [1.29, 1.82) is 0 Å².